The number of benzene rings is 1. The van der Waals surface area contributed by atoms with Gasteiger partial charge >= 0.3 is 0 Å². The highest BCUT2D eigenvalue weighted by atomic mass is 32.2. The highest BCUT2D eigenvalue weighted by molar-refractivity contribution is 7.88. The zero-order chi connectivity index (χ0) is 22.7. The van der Waals surface area contributed by atoms with E-state index in [1.54, 1.807) is 18.5 Å². The summed E-state index contributed by atoms with van der Waals surface area (Å²) in [6, 6.07) is 11.2. The Hall–Kier alpha value is -2.93. The fraction of sp³-hybridized carbons (Fsp3) is 0.304. The minimum atomic E-state index is -3.46. The molecule has 0 saturated carbocycles. The number of hydrogen-bond acceptors (Lipinski definition) is 7. The maximum atomic E-state index is 12.6. The fourth-order valence-electron chi connectivity index (χ4n) is 4.02. The summed E-state index contributed by atoms with van der Waals surface area (Å²) in [5.74, 6) is 0.690. The molecule has 1 unspecified atom stereocenters. The van der Waals surface area contributed by atoms with Gasteiger partial charge in [0.1, 0.15) is 12.4 Å². The van der Waals surface area contributed by atoms with Crippen molar-refractivity contribution in [2.45, 2.75) is 25.9 Å². The molecular weight excluding hydrogens is 444 g/mol. The molecule has 4 rings (SSSR count). The van der Waals surface area contributed by atoms with Gasteiger partial charge < -0.3 is 9.64 Å². The van der Waals surface area contributed by atoms with Crippen molar-refractivity contribution >= 4 is 32.7 Å². The number of ether oxygens (including phenoxy) is 1. The van der Waals surface area contributed by atoms with Gasteiger partial charge in [-0.15, -0.1) is 0 Å². The van der Waals surface area contributed by atoms with Crippen LogP contribution in [0, 0.1) is 11.3 Å². The fourth-order valence-corrected chi connectivity index (χ4v) is 5.74. The third-order valence-electron chi connectivity index (χ3n) is 5.47. The molecular formula is C23H24N4O3S2. The van der Waals surface area contributed by atoms with E-state index in [1.165, 1.54) is 21.9 Å². The van der Waals surface area contributed by atoms with Gasteiger partial charge in [0, 0.05) is 19.3 Å². The van der Waals surface area contributed by atoms with Crippen LogP contribution < -0.4 is 9.64 Å². The van der Waals surface area contributed by atoms with Crippen LogP contribution in [0.2, 0.25) is 0 Å². The Morgan fingerprint density at radius 3 is 2.81 bits per heavy atom. The summed E-state index contributed by atoms with van der Waals surface area (Å²) in [5, 5.41) is 13.5. The molecule has 0 bridgehead atoms. The second-order valence-corrected chi connectivity index (χ2v) is 10.4. The Bertz CT molecular complexity index is 1220. The van der Waals surface area contributed by atoms with Crippen molar-refractivity contribution in [2.75, 3.05) is 24.3 Å². The normalized spacial score (nSPS) is 15.6. The molecule has 0 aliphatic carbocycles. The molecule has 0 fully saturated rings. The highest BCUT2D eigenvalue weighted by Gasteiger charge is 2.33. The molecule has 0 spiro atoms. The van der Waals surface area contributed by atoms with Crippen molar-refractivity contribution in [3.63, 3.8) is 0 Å². The molecule has 1 atom stereocenters. The number of aromatic nitrogens is 1. The predicted octanol–water partition coefficient (Wildman–Crippen LogP) is 3.94. The topological polar surface area (TPSA) is 86.5 Å². The summed E-state index contributed by atoms with van der Waals surface area (Å²) in [6.07, 6.45) is 5.19. The van der Waals surface area contributed by atoms with Crippen molar-refractivity contribution in [1.82, 2.24) is 9.29 Å². The quantitative estimate of drug-likeness (QED) is 0.522. The minimum absolute atomic E-state index is 0.244. The van der Waals surface area contributed by atoms with E-state index < -0.39 is 10.0 Å². The van der Waals surface area contributed by atoms with Gasteiger partial charge in [0.15, 0.2) is 0 Å². The Balaban J connectivity index is 1.71. The summed E-state index contributed by atoms with van der Waals surface area (Å²) >= 11 is 1.54. The van der Waals surface area contributed by atoms with Crippen molar-refractivity contribution < 1.29 is 13.2 Å². The van der Waals surface area contributed by atoms with Crippen molar-refractivity contribution in [1.29, 1.82) is 5.26 Å². The van der Waals surface area contributed by atoms with E-state index >= 15 is 0 Å². The molecule has 0 saturated heterocycles. The zero-order valence-electron chi connectivity index (χ0n) is 17.9. The number of anilines is 2. The van der Waals surface area contributed by atoms with Gasteiger partial charge in [-0.3, -0.25) is 4.98 Å². The van der Waals surface area contributed by atoms with Crippen LogP contribution >= 0.6 is 11.3 Å². The molecule has 9 heteroatoms. The lowest BCUT2D eigenvalue weighted by Crippen LogP contribution is -2.45. The van der Waals surface area contributed by atoms with Crippen LogP contribution in [-0.2, 0) is 23.0 Å². The summed E-state index contributed by atoms with van der Waals surface area (Å²) in [4.78, 5) is 6.26. The van der Waals surface area contributed by atoms with E-state index in [0.29, 0.717) is 30.8 Å². The number of sulfonamides is 1. The molecule has 1 aliphatic rings. The molecule has 0 radical (unpaired) electrons. The first-order valence-electron chi connectivity index (χ1n) is 10.3. The van der Waals surface area contributed by atoms with Crippen LogP contribution in [0.25, 0.3) is 0 Å². The SMILES string of the molecule is CCN(c1cccnc1)c1cc(C#N)cc2c1OCC(N(Cc1ccsc1)S(C)(=O)=O)C2. The van der Waals surface area contributed by atoms with E-state index in [0.717, 1.165) is 22.5 Å². The van der Waals surface area contributed by atoms with Crippen molar-refractivity contribution in [3.8, 4) is 11.8 Å². The number of hydrogen-bond donors (Lipinski definition) is 0. The number of nitrogens with zero attached hydrogens (tertiary/aromatic N) is 4. The van der Waals surface area contributed by atoms with Gasteiger partial charge in [0.2, 0.25) is 10.0 Å². The lowest BCUT2D eigenvalue weighted by atomic mass is 9.98. The van der Waals surface area contributed by atoms with Gasteiger partial charge in [-0.25, -0.2) is 8.42 Å². The van der Waals surface area contributed by atoms with Gasteiger partial charge in [-0.2, -0.15) is 20.9 Å². The second-order valence-electron chi connectivity index (χ2n) is 7.66. The molecule has 2 aromatic heterocycles. The van der Waals surface area contributed by atoms with Crippen LogP contribution in [0.4, 0.5) is 11.4 Å². The van der Waals surface area contributed by atoms with Gasteiger partial charge in [0.25, 0.3) is 0 Å². The van der Waals surface area contributed by atoms with Gasteiger partial charge in [-0.05, 0) is 65.6 Å². The zero-order valence-corrected chi connectivity index (χ0v) is 19.6. The van der Waals surface area contributed by atoms with E-state index in [9.17, 15) is 13.7 Å². The van der Waals surface area contributed by atoms with Gasteiger partial charge in [0.05, 0.1) is 41.5 Å². The average Bonchev–Trinajstić information content (AvgIpc) is 3.31. The Morgan fingerprint density at radius 1 is 1.34 bits per heavy atom. The second kappa shape index (κ2) is 9.28. The Morgan fingerprint density at radius 2 is 2.19 bits per heavy atom. The van der Waals surface area contributed by atoms with Crippen molar-refractivity contribution in [2.24, 2.45) is 0 Å². The van der Waals surface area contributed by atoms with E-state index in [1.807, 2.05) is 46.8 Å². The monoisotopic (exact) mass is 468 g/mol. The van der Waals surface area contributed by atoms with Crippen LogP contribution in [0.15, 0.2) is 53.5 Å². The molecule has 3 heterocycles. The number of nitriles is 1. The maximum absolute atomic E-state index is 12.6. The Kier molecular flexibility index (Phi) is 6.46. The molecule has 3 aromatic rings. The van der Waals surface area contributed by atoms with E-state index in [2.05, 4.69) is 11.1 Å². The molecule has 7 nitrogen and oxygen atoms in total. The van der Waals surface area contributed by atoms with Crippen LogP contribution in [0.1, 0.15) is 23.6 Å². The first-order chi connectivity index (χ1) is 15.4. The number of fused-ring (bicyclic) bond motifs is 1. The lowest BCUT2D eigenvalue weighted by molar-refractivity contribution is 0.180. The number of thiophene rings is 1. The van der Waals surface area contributed by atoms with Crippen LogP contribution in [-0.4, -0.2) is 43.2 Å². The maximum Gasteiger partial charge on any atom is 0.211 e. The molecule has 0 N–H and O–H groups in total. The standard InChI is InChI=1S/C23H24N4O3S2/c1-3-26(20-5-4-7-25-13-20)22-10-18(12-24)9-19-11-21(15-30-23(19)22)27(32(2,28)29)14-17-6-8-31-16-17/h4-10,13,16,21H,3,11,14-15H2,1-2H3. The summed E-state index contributed by atoms with van der Waals surface area (Å²) < 4.78 is 32.9. The first-order valence-corrected chi connectivity index (χ1v) is 13.0. The molecule has 1 aliphatic heterocycles. The summed E-state index contributed by atoms with van der Waals surface area (Å²) in [6.45, 7) is 3.23. The third-order valence-corrected chi connectivity index (χ3v) is 7.48. The van der Waals surface area contributed by atoms with Crippen LogP contribution in [0.3, 0.4) is 0 Å². The number of rotatable bonds is 7. The van der Waals surface area contributed by atoms with Gasteiger partial charge in [-0.1, -0.05) is 0 Å². The third kappa shape index (κ3) is 4.63. The van der Waals surface area contributed by atoms with E-state index in [-0.39, 0.29) is 12.6 Å². The first kappa shape index (κ1) is 22.3. The number of pyridine rings is 1. The minimum Gasteiger partial charge on any atom is -0.489 e. The largest absolute Gasteiger partial charge is 0.489 e. The van der Waals surface area contributed by atoms with E-state index in [4.69, 9.17) is 4.74 Å². The summed E-state index contributed by atoms with van der Waals surface area (Å²) in [5.41, 5.74) is 3.97. The Labute approximate surface area is 192 Å². The summed E-state index contributed by atoms with van der Waals surface area (Å²) in [7, 11) is -3.46. The molecule has 32 heavy (non-hydrogen) atoms. The highest BCUT2D eigenvalue weighted by Crippen LogP contribution is 2.40. The molecule has 0 amide bonds. The molecule has 1 aromatic carbocycles. The van der Waals surface area contributed by atoms with Crippen molar-refractivity contribution in [3.05, 3.63) is 70.2 Å². The lowest BCUT2D eigenvalue weighted by Gasteiger charge is -2.35. The predicted molar refractivity (Wildman–Crippen MR) is 126 cm³/mol. The average molecular weight is 469 g/mol. The molecule has 166 valence electrons. The smallest absolute Gasteiger partial charge is 0.211 e. The van der Waals surface area contributed by atoms with Crippen LogP contribution in [0.5, 0.6) is 5.75 Å².